The molecular weight excluding hydrogens is 168 g/mol. The van der Waals surface area contributed by atoms with E-state index < -0.39 is 12.2 Å². The quantitative estimate of drug-likeness (QED) is 0.580. The molecule has 80 valence electrons. The second-order valence-corrected chi connectivity index (χ2v) is 3.87. The Kier molecular flexibility index (Phi) is 6.29. The van der Waals surface area contributed by atoms with Crippen molar-refractivity contribution < 1.29 is 15.3 Å². The summed E-state index contributed by atoms with van der Waals surface area (Å²) in [7, 11) is 0. The van der Waals surface area contributed by atoms with E-state index in [9.17, 15) is 10.2 Å². The van der Waals surface area contributed by atoms with E-state index in [1.54, 1.807) is 0 Å². The van der Waals surface area contributed by atoms with Crippen molar-refractivity contribution in [2.45, 2.75) is 45.8 Å². The van der Waals surface area contributed by atoms with E-state index in [-0.39, 0.29) is 18.4 Å². The van der Waals surface area contributed by atoms with Gasteiger partial charge in [0.05, 0.1) is 12.2 Å². The van der Waals surface area contributed by atoms with Gasteiger partial charge in [0.15, 0.2) is 0 Å². The standard InChI is InChI=1S/C10H22O3/c1-4-5-9(12)10(13)8(3)7(2)6-11/h7-13H,4-6H2,1-3H3/t7-,8-,9+,10+/m1/s1. The second kappa shape index (κ2) is 6.35. The number of rotatable bonds is 6. The summed E-state index contributed by atoms with van der Waals surface area (Å²) in [6.07, 6.45) is 0.0957. The summed E-state index contributed by atoms with van der Waals surface area (Å²) in [5.41, 5.74) is 0. The van der Waals surface area contributed by atoms with Crippen LogP contribution in [-0.4, -0.2) is 34.1 Å². The molecule has 13 heavy (non-hydrogen) atoms. The average Bonchev–Trinajstić information content (AvgIpc) is 2.14. The molecule has 0 rings (SSSR count). The Morgan fingerprint density at radius 2 is 1.69 bits per heavy atom. The van der Waals surface area contributed by atoms with Crippen molar-refractivity contribution >= 4 is 0 Å². The van der Waals surface area contributed by atoms with Gasteiger partial charge in [-0.2, -0.15) is 0 Å². The number of hydrogen-bond donors (Lipinski definition) is 3. The lowest BCUT2D eigenvalue weighted by Gasteiger charge is -2.27. The molecule has 0 bridgehead atoms. The van der Waals surface area contributed by atoms with E-state index in [4.69, 9.17) is 5.11 Å². The van der Waals surface area contributed by atoms with Crippen molar-refractivity contribution in [1.29, 1.82) is 0 Å². The molecule has 4 atom stereocenters. The molecule has 0 radical (unpaired) electrons. The Bertz CT molecular complexity index is 127. The van der Waals surface area contributed by atoms with E-state index in [1.807, 2.05) is 20.8 Å². The SMILES string of the molecule is CCC[C@H](O)[C@@H](O)[C@H](C)[C@H](C)CO. The Hall–Kier alpha value is -0.120. The van der Waals surface area contributed by atoms with Crippen molar-refractivity contribution in [3.63, 3.8) is 0 Å². The van der Waals surface area contributed by atoms with Gasteiger partial charge in [0, 0.05) is 6.61 Å². The van der Waals surface area contributed by atoms with Crippen LogP contribution >= 0.6 is 0 Å². The lowest BCUT2D eigenvalue weighted by atomic mass is 9.87. The third kappa shape index (κ3) is 4.07. The molecule has 0 unspecified atom stereocenters. The van der Waals surface area contributed by atoms with Gasteiger partial charge in [0.1, 0.15) is 0 Å². The van der Waals surface area contributed by atoms with Gasteiger partial charge in [-0.25, -0.2) is 0 Å². The molecule has 0 aromatic rings. The van der Waals surface area contributed by atoms with Crippen molar-refractivity contribution in [3.8, 4) is 0 Å². The molecule has 0 saturated heterocycles. The van der Waals surface area contributed by atoms with E-state index >= 15 is 0 Å². The summed E-state index contributed by atoms with van der Waals surface area (Å²) < 4.78 is 0. The fraction of sp³-hybridized carbons (Fsp3) is 1.00. The highest BCUT2D eigenvalue weighted by Crippen LogP contribution is 2.19. The number of aliphatic hydroxyl groups excluding tert-OH is 3. The lowest BCUT2D eigenvalue weighted by molar-refractivity contribution is -0.0364. The van der Waals surface area contributed by atoms with Crippen LogP contribution in [0.2, 0.25) is 0 Å². The van der Waals surface area contributed by atoms with E-state index in [0.29, 0.717) is 6.42 Å². The van der Waals surface area contributed by atoms with E-state index in [0.717, 1.165) is 6.42 Å². The van der Waals surface area contributed by atoms with Crippen LogP contribution in [-0.2, 0) is 0 Å². The van der Waals surface area contributed by atoms with Crippen LogP contribution < -0.4 is 0 Å². The topological polar surface area (TPSA) is 60.7 Å². The molecule has 0 saturated carbocycles. The minimum atomic E-state index is -0.720. The molecule has 0 fully saturated rings. The maximum atomic E-state index is 9.66. The zero-order valence-corrected chi connectivity index (χ0v) is 8.77. The average molecular weight is 190 g/mol. The maximum absolute atomic E-state index is 9.66. The third-order valence-corrected chi connectivity index (χ3v) is 2.70. The summed E-state index contributed by atoms with van der Waals surface area (Å²) in [6, 6.07) is 0. The highest BCUT2D eigenvalue weighted by atomic mass is 16.3. The largest absolute Gasteiger partial charge is 0.396 e. The van der Waals surface area contributed by atoms with Crippen LogP contribution in [0.3, 0.4) is 0 Å². The molecule has 0 spiro atoms. The minimum absolute atomic E-state index is 0.0292. The molecule has 3 heteroatoms. The van der Waals surface area contributed by atoms with Crippen LogP contribution in [0.25, 0.3) is 0 Å². The fourth-order valence-corrected chi connectivity index (χ4v) is 1.32. The summed E-state index contributed by atoms with van der Waals surface area (Å²) in [4.78, 5) is 0. The minimum Gasteiger partial charge on any atom is -0.396 e. The summed E-state index contributed by atoms with van der Waals surface area (Å²) in [5.74, 6) is -0.0342. The predicted molar refractivity (Wildman–Crippen MR) is 52.3 cm³/mol. The number of hydrogen-bond acceptors (Lipinski definition) is 3. The summed E-state index contributed by atoms with van der Waals surface area (Å²) >= 11 is 0. The van der Waals surface area contributed by atoms with Crippen molar-refractivity contribution in [2.75, 3.05) is 6.61 Å². The normalized spacial score (nSPS) is 20.8. The van der Waals surface area contributed by atoms with Gasteiger partial charge in [0.25, 0.3) is 0 Å². The highest BCUT2D eigenvalue weighted by molar-refractivity contribution is 4.76. The molecule has 0 heterocycles. The van der Waals surface area contributed by atoms with Crippen LogP contribution in [0.1, 0.15) is 33.6 Å². The molecular formula is C10H22O3. The molecule has 0 aromatic carbocycles. The van der Waals surface area contributed by atoms with Crippen molar-refractivity contribution in [3.05, 3.63) is 0 Å². The van der Waals surface area contributed by atoms with Gasteiger partial charge < -0.3 is 15.3 Å². The summed E-state index contributed by atoms with van der Waals surface area (Å²) in [5, 5.41) is 28.0. The smallest absolute Gasteiger partial charge is 0.0827 e. The Morgan fingerprint density at radius 3 is 2.08 bits per heavy atom. The van der Waals surface area contributed by atoms with Gasteiger partial charge in [-0.3, -0.25) is 0 Å². The Morgan fingerprint density at radius 1 is 1.15 bits per heavy atom. The van der Waals surface area contributed by atoms with Gasteiger partial charge in [-0.15, -0.1) is 0 Å². The third-order valence-electron chi connectivity index (χ3n) is 2.70. The fourth-order valence-electron chi connectivity index (χ4n) is 1.32. The van der Waals surface area contributed by atoms with Gasteiger partial charge >= 0.3 is 0 Å². The lowest BCUT2D eigenvalue weighted by Crippen LogP contribution is -2.36. The van der Waals surface area contributed by atoms with Crippen LogP contribution in [0.15, 0.2) is 0 Å². The first-order chi connectivity index (χ1) is 6.04. The van der Waals surface area contributed by atoms with Gasteiger partial charge in [-0.1, -0.05) is 27.2 Å². The molecule has 0 aliphatic rings. The molecule has 3 nitrogen and oxygen atoms in total. The monoisotopic (exact) mass is 190 g/mol. The van der Waals surface area contributed by atoms with Gasteiger partial charge in [-0.05, 0) is 18.3 Å². The summed E-state index contributed by atoms with van der Waals surface area (Å²) in [6.45, 7) is 5.74. The molecule has 0 aromatic heterocycles. The second-order valence-electron chi connectivity index (χ2n) is 3.87. The first kappa shape index (κ1) is 12.9. The Balaban J connectivity index is 3.99. The van der Waals surface area contributed by atoms with Crippen LogP contribution in [0, 0.1) is 11.8 Å². The Labute approximate surface area is 80.4 Å². The number of aliphatic hydroxyl groups is 3. The van der Waals surface area contributed by atoms with Crippen LogP contribution in [0.4, 0.5) is 0 Å². The van der Waals surface area contributed by atoms with Gasteiger partial charge in [0.2, 0.25) is 0 Å². The predicted octanol–water partition coefficient (Wildman–Crippen LogP) is 0.773. The van der Waals surface area contributed by atoms with Crippen molar-refractivity contribution in [1.82, 2.24) is 0 Å². The van der Waals surface area contributed by atoms with Crippen LogP contribution in [0.5, 0.6) is 0 Å². The first-order valence-corrected chi connectivity index (χ1v) is 5.01. The molecule has 0 amide bonds. The zero-order chi connectivity index (χ0) is 10.4. The highest BCUT2D eigenvalue weighted by Gasteiger charge is 2.25. The van der Waals surface area contributed by atoms with Crippen molar-refractivity contribution in [2.24, 2.45) is 11.8 Å². The molecule has 0 aliphatic heterocycles. The molecule has 3 N–H and O–H groups in total. The van der Waals surface area contributed by atoms with E-state index in [1.165, 1.54) is 0 Å². The zero-order valence-electron chi connectivity index (χ0n) is 8.77. The maximum Gasteiger partial charge on any atom is 0.0827 e. The first-order valence-electron chi connectivity index (χ1n) is 5.01. The van der Waals surface area contributed by atoms with E-state index in [2.05, 4.69) is 0 Å². The molecule has 0 aliphatic carbocycles.